The third-order valence-corrected chi connectivity index (χ3v) is 4.06. The van der Waals surface area contributed by atoms with Gasteiger partial charge in [-0.05, 0) is 55.7 Å². The summed E-state index contributed by atoms with van der Waals surface area (Å²) in [7, 11) is 0. The van der Waals surface area contributed by atoms with E-state index in [1.807, 2.05) is 32.0 Å². The van der Waals surface area contributed by atoms with Crippen LogP contribution in [0.25, 0.3) is 0 Å². The lowest BCUT2D eigenvalue weighted by molar-refractivity contribution is -0.122. The lowest BCUT2D eigenvalue weighted by Crippen LogP contribution is -2.45. The number of rotatable bonds is 5. The van der Waals surface area contributed by atoms with Crippen LogP contribution in [0.2, 0.25) is 10.0 Å². The Morgan fingerprint density at radius 1 is 1.13 bits per heavy atom. The zero-order valence-electron chi connectivity index (χ0n) is 13.2. The Balaban J connectivity index is 1.99. The van der Waals surface area contributed by atoms with Gasteiger partial charge in [-0.1, -0.05) is 41.4 Å². The van der Waals surface area contributed by atoms with Crippen LogP contribution >= 0.6 is 23.2 Å². The van der Waals surface area contributed by atoms with Crippen LogP contribution in [0.3, 0.4) is 0 Å². The summed E-state index contributed by atoms with van der Waals surface area (Å²) in [5, 5.41) is 4.26. The van der Waals surface area contributed by atoms with Crippen molar-refractivity contribution in [1.29, 1.82) is 0 Å². The van der Waals surface area contributed by atoms with Crippen LogP contribution in [0, 0.1) is 0 Å². The molecule has 0 aliphatic rings. The lowest BCUT2D eigenvalue weighted by atomic mass is 9.94. The highest BCUT2D eigenvalue weighted by Crippen LogP contribution is 2.24. The number of halogens is 2. The number of hydrogen-bond donors (Lipinski definition) is 2. The highest BCUT2D eigenvalue weighted by Gasteiger charge is 2.22. The molecule has 0 radical (unpaired) electrons. The molecule has 122 valence electrons. The maximum atomic E-state index is 12.2. The van der Waals surface area contributed by atoms with Gasteiger partial charge in [0.2, 0.25) is 5.91 Å². The van der Waals surface area contributed by atoms with Gasteiger partial charge in [-0.3, -0.25) is 4.79 Å². The second-order valence-electron chi connectivity index (χ2n) is 6.26. The maximum Gasteiger partial charge on any atom is 0.224 e. The molecule has 5 heteroatoms. The molecule has 23 heavy (non-hydrogen) atoms. The first-order valence-corrected chi connectivity index (χ1v) is 8.10. The van der Waals surface area contributed by atoms with Crippen LogP contribution in [0.1, 0.15) is 25.0 Å². The highest BCUT2D eigenvalue weighted by molar-refractivity contribution is 6.35. The van der Waals surface area contributed by atoms with E-state index in [-0.39, 0.29) is 5.91 Å². The highest BCUT2D eigenvalue weighted by atomic mass is 35.5. The van der Waals surface area contributed by atoms with Gasteiger partial charge in [-0.15, -0.1) is 0 Å². The Kier molecular flexibility index (Phi) is 5.55. The molecular weight excluding hydrogens is 331 g/mol. The van der Waals surface area contributed by atoms with Crippen molar-refractivity contribution in [3.05, 3.63) is 63.6 Å². The lowest BCUT2D eigenvalue weighted by Gasteiger charge is -2.27. The minimum absolute atomic E-state index is 0.0372. The Morgan fingerprint density at radius 2 is 1.78 bits per heavy atom. The van der Waals surface area contributed by atoms with E-state index in [1.165, 1.54) is 0 Å². The minimum atomic E-state index is -0.414. The Morgan fingerprint density at radius 3 is 2.39 bits per heavy atom. The largest absolute Gasteiger partial charge is 0.399 e. The number of benzene rings is 2. The van der Waals surface area contributed by atoms with Crippen molar-refractivity contribution in [3.63, 3.8) is 0 Å². The normalized spacial score (nSPS) is 11.3. The molecule has 2 aromatic rings. The van der Waals surface area contributed by atoms with Gasteiger partial charge in [0.15, 0.2) is 0 Å². The Hall–Kier alpha value is -1.71. The monoisotopic (exact) mass is 350 g/mol. The van der Waals surface area contributed by atoms with E-state index in [0.717, 1.165) is 11.1 Å². The number of carbonyl (C=O) groups is 1. The molecule has 0 bridgehead atoms. The Bertz CT molecular complexity index is 697. The summed E-state index contributed by atoms with van der Waals surface area (Å²) in [5.41, 5.74) is 7.80. The molecule has 0 spiro atoms. The molecule has 0 atom stereocenters. The number of anilines is 1. The fourth-order valence-corrected chi connectivity index (χ4v) is 2.90. The van der Waals surface area contributed by atoms with Crippen LogP contribution in [-0.4, -0.2) is 11.4 Å². The van der Waals surface area contributed by atoms with Crippen molar-refractivity contribution in [2.45, 2.75) is 32.2 Å². The van der Waals surface area contributed by atoms with E-state index in [9.17, 15) is 4.79 Å². The van der Waals surface area contributed by atoms with Crippen molar-refractivity contribution in [3.8, 4) is 0 Å². The number of nitrogens with one attached hydrogen (secondary N) is 1. The summed E-state index contributed by atoms with van der Waals surface area (Å²) < 4.78 is 0. The second kappa shape index (κ2) is 7.24. The molecule has 0 saturated heterocycles. The average molecular weight is 351 g/mol. The van der Waals surface area contributed by atoms with Gasteiger partial charge in [-0.2, -0.15) is 0 Å². The molecule has 3 nitrogen and oxygen atoms in total. The molecule has 0 saturated carbocycles. The molecule has 1 amide bonds. The van der Waals surface area contributed by atoms with Gasteiger partial charge in [-0.25, -0.2) is 0 Å². The van der Waals surface area contributed by atoms with Gasteiger partial charge < -0.3 is 11.1 Å². The molecule has 0 aliphatic carbocycles. The zero-order chi connectivity index (χ0) is 17.0. The van der Waals surface area contributed by atoms with Crippen LogP contribution in [0.15, 0.2) is 42.5 Å². The molecule has 0 heterocycles. The summed E-state index contributed by atoms with van der Waals surface area (Å²) >= 11 is 12.1. The molecule has 0 unspecified atom stereocenters. The summed E-state index contributed by atoms with van der Waals surface area (Å²) in [5.74, 6) is -0.0372. The van der Waals surface area contributed by atoms with Crippen molar-refractivity contribution >= 4 is 34.8 Å². The van der Waals surface area contributed by atoms with Crippen LogP contribution < -0.4 is 11.1 Å². The van der Waals surface area contributed by atoms with E-state index >= 15 is 0 Å². The predicted molar refractivity (Wildman–Crippen MR) is 96.9 cm³/mol. The van der Waals surface area contributed by atoms with Crippen molar-refractivity contribution in [2.75, 3.05) is 5.73 Å². The van der Waals surface area contributed by atoms with E-state index in [2.05, 4.69) is 5.32 Å². The topological polar surface area (TPSA) is 55.1 Å². The number of nitrogen functional groups attached to an aromatic ring is 1. The Labute approximate surface area is 146 Å². The van der Waals surface area contributed by atoms with Gasteiger partial charge in [0.25, 0.3) is 0 Å². The summed E-state index contributed by atoms with van der Waals surface area (Å²) in [6, 6.07) is 12.7. The minimum Gasteiger partial charge on any atom is -0.399 e. The van der Waals surface area contributed by atoms with E-state index < -0.39 is 5.54 Å². The standard InChI is InChI=1S/C18H20Cl2N2O/c1-18(2,11-13-5-6-14(19)10-16(13)20)22-17(23)9-12-3-7-15(21)8-4-12/h3-8,10H,9,11,21H2,1-2H3,(H,22,23). The molecule has 2 rings (SSSR count). The fourth-order valence-electron chi connectivity index (χ4n) is 2.43. The molecule has 0 aliphatic heterocycles. The quantitative estimate of drug-likeness (QED) is 0.791. The van der Waals surface area contributed by atoms with Crippen LogP contribution in [0.4, 0.5) is 5.69 Å². The molecule has 2 aromatic carbocycles. The number of nitrogens with two attached hydrogens (primary N) is 1. The number of carbonyl (C=O) groups excluding carboxylic acids is 1. The van der Waals surface area contributed by atoms with Crippen LogP contribution in [-0.2, 0) is 17.6 Å². The third kappa shape index (κ3) is 5.45. The second-order valence-corrected chi connectivity index (χ2v) is 7.11. The zero-order valence-corrected chi connectivity index (χ0v) is 14.7. The third-order valence-electron chi connectivity index (χ3n) is 3.47. The van der Waals surface area contributed by atoms with Crippen molar-refractivity contribution in [2.24, 2.45) is 0 Å². The van der Waals surface area contributed by atoms with E-state index in [1.54, 1.807) is 24.3 Å². The first-order chi connectivity index (χ1) is 10.7. The predicted octanol–water partition coefficient (Wildman–Crippen LogP) is 4.26. The van der Waals surface area contributed by atoms with Crippen molar-refractivity contribution < 1.29 is 4.79 Å². The molecule has 3 N–H and O–H groups in total. The van der Waals surface area contributed by atoms with Crippen molar-refractivity contribution in [1.82, 2.24) is 5.32 Å². The summed E-state index contributed by atoms with van der Waals surface area (Å²) in [6.07, 6.45) is 0.939. The molecular formula is C18H20Cl2N2O. The fraction of sp³-hybridized carbons (Fsp3) is 0.278. The maximum absolute atomic E-state index is 12.2. The van der Waals surface area contributed by atoms with Gasteiger partial charge >= 0.3 is 0 Å². The van der Waals surface area contributed by atoms with Gasteiger partial charge in [0, 0.05) is 21.3 Å². The van der Waals surface area contributed by atoms with Gasteiger partial charge in [0.1, 0.15) is 0 Å². The smallest absolute Gasteiger partial charge is 0.224 e. The first-order valence-electron chi connectivity index (χ1n) is 7.34. The molecule has 0 aromatic heterocycles. The number of hydrogen-bond acceptors (Lipinski definition) is 2. The molecule has 0 fully saturated rings. The first kappa shape index (κ1) is 17.6. The average Bonchev–Trinajstić information content (AvgIpc) is 2.44. The summed E-state index contributed by atoms with van der Waals surface area (Å²) in [6.45, 7) is 3.94. The SMILES string of the molecule is CC(C)(Cc1ccc(Cl)cc1Cl)NC(=O)Cc1ccc(N)cc1. The van der Waals surface area contributed by atoms with E-state index in [4.69, 9.17) is 28.9 Å². The van der Waals surface area contributed by atoms with E-state index in [0.29, 0.717) is 28.6 Å². The van der Waals surface area contributed by atoms with Crippen LogP contribution in [0.5, 0.6) is 0 Å². The van der Waals surface area contributed by atoms with Gasteiger partial charge in [0.05, 0.1) is 6.42 Å². The summed E-state index contributed by atoms with van der Waals surface area (Å²) in [4.78, 5) is 12.2. The number of amides is 1.